The minimum Gasteiger partial charge on any atom is -0.394 e. The van der Waals surface area contributed by atoms with E-state index in [4.69, 9.17) is 9.84 Å². The third-order valence-corrected chi connectivity index (χ3v) is 3.63. The second kappa shape index (κ2) is 4.43. The van der Waals surface area contributed by atoms with Crippen molar-refractivity contribution in [2.45, 2.75) is 24.5 Å². The number of imidazole rings is 1. The van der Waals surface area contributed by atoms with E-state index in [1.165, 1.54) is 9.20 Å². The number of aliphatic hydroxyl groups excluding tert-OH is 3. The molecule has 3 N–H and O–H groups in total. The molecule has 0 aromatic carbocycles. The molecule has 0 amide bonds. The van der Waals surface area contributed by atoms with Crippen LogP contribution in [0.3, 0.4) is 0 Å². The van der Waals surface area contributed by atoms with Crippen LogP contribution >= 0.6 is 0 Å². The number of aromatic nitrogens is 6. The fraction of sp³-hybridized carbons (Fsp3) is 0.455. The van der Waals surface area contributed by atoms with Gasteiger partial charge in [0.1, 0.15) is 18.3 Å². The minimum atomic E-state index is -1.22. The quantitative estimate of drug-likeness (QED) is 0.498. The lowest BCUT2D eigenvalue weighted by molar-refractivity contribution is -0.0567. The van der Waals surface area contributed by atoms with E-state index in [-0.39, 0.29) is 0 Å². The summed E-state index contributed by atoms with van der Waals surface area (Å²) in [5, 5.41) is 41.8. The zero-order chi connectivity index (χ0) is 14.6. The Kier molecular flexibility index (Phi) is 2.65. The fourth-order valence-corrected chi connectivity index (χ4v) is 2.53. The third-order valence-electron chi connectivity index (χ3n) is 3.63. The van der Waals surface area contributed by atoms with Crippen molar-refractivity contribution >= 4 is 16.7 Å². The van der Waals surface area contributed by atoms with Crippen LogP contribution in [0.2, 0.25) is 0 Å². The van der Waals surface area contributed by atoms with Crippen molar-refractivity contribution in [2.24, 2.45) is 0 Å². The second-order valence-electron chi connectivity index (χ2n) is 4.84. The maximum absolute atomic E-state index is 10.0. The summed E-state index contributed by atoms with van der Waals surface area (Å²) in [6.45, 7) is -0.399. The standard InChI is InChI=1S/C11H12N6O4/c18-4-6-7(19)8(20)11(21-6)17-10-5(3-13-17)9-12-1-2-16(9)15-14-10/h1-3,6-8,11,18-20H,4H2/t6-,7-,8-,11-/m1/s1. The van der Waals surface area contributed by atoms with Crippen LogP contribution in [0.5, 0.6) is 0 Å². The molecule has 4 atom stereocenters. The molecule has 10 nitrogen and oxygen atoms in total. The van der Waals surface area contributed by atoms with Crippen molar-refractivity contribution in [2.75, 3.05) is 6.61 Å². The first kappa shape index (κ1) is 12.6. The lowest BCUT2D eigenvalue weighted by Crippen LogP contribution is -2.33. The van der Waals surface area contributed by atoms with Gasteiger partial charge >= 0.3 is 0 Å². The summed E-state index contributed by atoms with van der Waals surface area (Å²) in [6, 6.07) is 0. The molecule has 0 spiro atoms. The highest BCUT2D eigenvalue weighted by Crippen LogP contribution is 2.31. The molecule has 1 aliphatic rings. The van der Waals surface area contributed by atoms with E-state index in [1.54, 1.807) is 18.6 Å². The van der Waals surface area contributed by atoms with E-state index in [0.717, 1.165) is 0 Å². The Labute approximate surface area is 117 Å². The van der Waals surface area contributed by atoms with Gasteiger partial charge in [0.15, 0.2) is 17.5 Å². The Morgan fingerprint density at radius 1 is 1.24 bits per heavy atom. The zero-order valence-electron chi connectivity index (χ0n) is 10.7. The third kappa shape index (κ3) is 1.67. The van der Waals surface area contributed by atoms with Crippen LogP contribution in [0.1, 0.15) is 6.23 Å². The molecular formula is C11H12N6O4. The smallest absolute Gasteiger partial charge is 0.188 e. The summed E-state index contributed by atoms with van der Waals surface area (Å²) in [5.74, 6) is 0. The van der Waals surface area contributed by atoms with Crippen molar-refractivity contribution in [1.29, 1.82) is 0 Å². The molecule has 1 fully saturated rings. The molecule has 3 aromatic heterocycles. The summed E-state index contributed by atoms with van der Waals surface area (Å²) in [4.78, 5) is 4.17. The van der Waals surface area contributed by atoms with E-state index < -0.39 is 31.1 Å². The lowest BCUT2D eigenvalue weighted by atomic mass is 10.1. The molecular weight excluding hydrogens is 280 g/mol. The molecule has 1 aliphatic heterocycles. The Bertz CT molecular complexity index is 800. The fourth-order valence-electron chi connectivity index (χ4n) is 2.53. The highest BCUT2D eigenvalue weighted by atomic mass is 16.6. The molecule has 110 valence electrons. The minimum absolute atomic E-state index is 0.378. The van der Waals surface area contributed by atoms with Crippen LogP contribution in [0.4, 0.5) is 0 Å². The van der Waals surface area contributed by atoms with Crippen LogP contribution < -0.4 is 0 Å². The highest BCUT2D eigenvalue weighted by Gasteiger charge is 2.44. The number of hydrogen-bond donors (Lipinski definition) is 3. The molecule has 0 bridgehead atoms. The molecule has 21 heavy (non-hydrogen) atoms. The summed E-state index contributed by atoms with van der Waals surface area (Å²) in [5.41, 5.74) is 0.960. The van der Waals surface area contributed by atoms with E-state index >= 15 is 0 Å². The highest BCUT2D eigenvalue weighted by molar-refractivity contribution is 5.87. The maximum Gasteiger partial charge on any atom is 0.188 e. The van der Waals surface area contributed by atoms with Gasteiger partial charge in [-0.15, -0.1) is 5.10 Å². The van der Waals surface area contributed by atoms with Crippen LogP contribution in [0, 0.1) is 0 Å². The van der Waals surface area contributed by atoms with Gasteiger partial charge in [-0.05, 0) is 0 Å². The predicted molar refractivity (Wildman–Crippen MR) is 67.1 cm³/mol. The molecule has 4 heterocycles. The van der Waals surface area contributed by atoms with Gasteiger partial charge in [0, 0.05) is 6.20 Å². The number of ether oxygens (including phenoxy) is 1. The lowest BCUT2D eigenvalue weighted by Gasteiger charge is -2.15. The second-order valence-corrected chi connectivity index (χ2v) is 4.84. The van der Waals surface area contributed by atoms with Gasteiger partial charge in [-0.1, -0.05) is 5.21 Å². The number of rotatable bonds is 2. The topological polar surface area (TPSA) is 131 Å². The molecule has 0 unspecified atom stereocenters. The van der Waals surface area contributed by atoms with Gasteiger partial charge in [-0.2, -0.15) is 5.10 Å². The van der Waals surface area contributed by atoms with E-state index in [2.05, 4.69) is 20.4 Å². The molecule has 1 saturated heterocycles. The molecule has 0 aliphatic carbocycles. The first-order chi connectivity index (χ1) is 10.2. The molecule has 0 saturated carbocycles. The average Bonchev–Trinajstić information content (AvgIpc) is 3.17. The van der Waals surface area contributed by atoms with Crippen molar-refractivity contribution in [1.82, 2.24) is 29.6 Å². The molecule has 0 radical (unpaired) electrons. The molecule has 3 aromatic rings. The van der Waals surface area contributed by atoms with Crippen molar-refractivity contribution < 1.29 is 20.1 Å². The van der Waals surface area contributed by atoms with Gasteiger partial charge in [0.2, 0.25) is 0 Å². The van der Waals surface area contributed by atoms with E-state index in [0.29, 0.717) is 16.7 Å². The largest absolute Gasteiger partial charge is 0.394 e. The van der Waals surface area contributed by atoms with Crippen molar-refractivity contribution in [3.05, 3.63) is 18.6 Å². The predicted octanol–water partition coefficient (Wildman–Crippen LogP) is -1.91. The zero-order valence-corrected chi connectivity index (χ0v) is 10.7. The van der Waals surface area contributed by atoms with Crippen LogP contribution in [0.25, 0.3) is 16.7 Å². The van der Waals surface area contributed by atoms with Gasteiger partial charge in [0.25, 0.3) is 0 Å². The van der Waals surface area contributed by atoms with Gasteiger partial charge in [0.05, 0.1) is 24.4 Å². The number of hydrogen-bond acceptors (Lipinski definition) is 8. The summed E-state index contributed by atoms with van der Waals surface area (Å²) in [6.07, 6.45) is 0.569. The van der Waals surface area contributed by atoms with Gasteiger partial charge < -0.3 is 20.1 Å². The van der Waals surface area contributed by atoms with Crippen molar-refractivity contribution in [3.8, 4) is 0 Å². The first-order valence-corrected chi connectivity index (χ1v) is 6.36. The number of fused-ring (bicyclic) bond motifs is 3. The van der Waals surface area contributed by atoms with Crippen LogP contribution in [0.15, 0.2) is 18.6 Å². The molecule has 4 rings (SSSR count). The molecule has 10 heteroatoms. The Morgan fingerprint density at radius 2 is 2.10 bits per heavy atom. The number of aliphatic hydroxyl groups is 3. The van der Waals surface area contributed by atoms with E-state index in [9.17, 15) is 10.2 Å². The Morgan fingerprint density at radius 3 is 2.86 bits per heavy atom. The first-order valence-electron chi connectivity index (χ1n) is 6.36. The van der Waals surface area contributed by atoms with Gasteiger partial charge in [-0.25, -0.2) is 14.2 Å². The summed E-state index contributed by atoms with van der Waals surface area (Å²) in [7, 11) is 0. The Hall–Kier alpha value is -2.14. The monoisotopic (exact) mass is 292 g/mol. The average molecular weight is 292 g/mol. The maximum atomic E-state index is 10.0. The van der Waals surface area contributed by atoms with Crippen LogP contribution in [-0.4, -0.2) is 69.8 Å². The SMILES string of the molecule is OC[C@H]1O[C@@H](n2ncc3c2nnn2ccnc32)[C@H](O)[C@@H]1O. The normalized spacial score (nSPS) is 29.7. The van der Waals surface area contributed by atoms with E-state index in [1.807, 2.05) is 0 Å². The Balaban J connectivity index is 1.84. The number of nitrogens with zero attached hydrogens (tertiary/aromatic N) is 6. The summed E-state index contributed by atoms with van der Waals surface area (Å²) >= 11 is 0. The van der Waals surface area contributed by atoms with Crippen molar-refractivity contribution in [3.63, 3.8) is 0 Å². The summed E-state index contributed by atoms with van der Waals surface area (Å²) < 4.78 is 8.28. The van der Waals surface area contributed by atoms with Crippen LogP contribution in [-0.2, 0) is 4.74 Å². The van der Waals surface area contributed by atoms with Gasteiger partial charge in [-0.3, -0.25) is 0 Å².